The summed E-state index contributed by atoms with van der Waals surface area (Å²) in [6.07, 6.45) is 32.4. The molecule has 0 amide bonds. The highest BCUT2D eigenvalue weighted by molar-refractivity contribution is 5.75. The maximum atomic E-state index is 13.0. The summed E-state index contributed by atoms with van der Waals surface area (Å²) >= 11 is 0. The Morgan fingerprint density at radius 3 is 1.78 bits per heavy atom. The van der Waals surface area contributed by atoms with Crippen molar-refractivity contribution in [2.75, 3.05) is 6.61 Å². The van der Waals surface area contributed by atoms with Crippen LogP contribution in [0.15, 0.2) is 36.7 Å². The third-order valence-corrected chi connectivity index (χ3v) is 10.6. The first-order chi connectivity index (χ1) is 22.2. The lowest BCUT2D eigenvalue weighted by Gasteiger charge is -2.37. The first kappa shape index (κ1) is 35.4. The molecule has 5 nitrogen and oxygen atoms in total. The Morgan fingerprint density at radius 2 is 1.18 bits per heavy atom. The monoisotopic (exact) mass is 618 g/mol. The molecule has 2 fully saturated rings. The van der Waals surface area contributed by atoms with Gasteiger partial charge in [0.25, 0.3) is 0 Å². The number of nitrogens with zero attached hydrogens (tertiary/aromatic N) is 2. The molecule has 2 saturated carbocycles. The molecular weight excluding hydrogens is 556 g/mol. The minimum atomic E-state index is -0.0669. The van der Waals surface area contributed by atoms with Crippen molar-refractivity contribution in [3.8, 4) is 22.9 Å². The van der Waals surface area contributed by atoms with Crippen molar-refractivity contribution in [3.63, 3.8) is 0 Å². The van der Waals surface area contributed by atoms with Crippen molar-refractivity contribution < 1.29 is 14.3 Å². The molecule has 1 aromatic heterocycles. The van der Waals surface area contributed by atoms with Gasteiger partial charge >= 0.3 is 5.97 Å². The van der Waals surface area contributed by atoms with E-state index in [1.54, 1.807) is 12.4 Å². The molecule has 0 radical (unpaired) electrons. The fraction of sp³-hybridized carbons (Fsp3) is 0.725. The number of rotatable bonds is 20. The van der Waals surface area contributed by atoms with Crippen LogP contribution in [0.4, 0.5) is 0 Å². The van der Waals surface area contributed by atoms with E-state index in [0.29, 0.717) is 23.9 Å². The summed E-state index contributed by atoms with van der Waals surface area (Å²) in [5.41, 5.74) is 0.897. The first-order valence-electron chi connectivity index (χ1n) is 18.9. The Bertz CT molecular complexity index is 1050. The fourth-order valence-electron chi connectivity index (χ4n) is 7.65. The topological polar surface area (TPSA) is 61.3 Å². The highest BCUT2D eigenvalue weighted by Gasteiger charge is 2.33. The Morgan fingerprint density at radius 1 is 0.644 bits per heavy atom. The maximum Gasteiger partial charge on any atom is 0.314 e. The van der Waals surface area contributed by atoms with Crippen molar-refractivity contribution in [1.82, 2.24) is 9.97 Å². The van der Waals surface area contributed by atoms with Crippen LogP contribution >= 0.6 is 0 Å². The summed E-state index contributed by atoms with van der Waals surface area (Å²) in [4.78, 5) is 22.0. The molecule has 0 N–H and O–H groups in total. The van der Waals surface area contributed by atoms with Crippen LogP contribution in [-0.4, -0.2) is 22.5 Å². The zero-order chi connectivity index (χ0) is 31.5. The van der Waals surface area contributed by atoms with E-state index in [9.17, 15) is 4.79 Å². The molecule has 45 heavy (non-hydrogen) atoms. The Balaban J connectivity index is 1.09. The van der Waals surface area contributed by atoms with Gasteiger partial charge in [-0.25, -0.2) is 9.97 Å². The molecule has 250 valence electrons. The molecule has 0 spiro atoms. The quantitative estimate of drug-likeness (QED) is 0.0839. The standard InChI is InChI=1S/C40H62N2O3/c1-3-5-7-9-10-11-12-14-16-32-17-19-33(20-18-32)34-21-23-36(24-22-34)40(43)45-37-27-25-35(26-28-37)39-41-30-38(31-42-39)44-29-15-13-8-6-4-2/h25-28,30-34,36H,3-24,29H2,1-2H3. The number of ether oxygens (including phenoxy) is 2. The van der Waals surface area contributed by atoms with Crippen molar-refractivity contribution in [2.24, 2.45) is 23.7 Å². The zero-order valence-electron chi connectivity index (χ0n) is 28.7. The minimum absolute atomic E-state index is 0.0294. The first-order valence-corrected chi connectivity index (χ1v) is 18.9. The second-order valence-corrected chi connectivity index (χ2v) is 14.1. The minimum Gasteiger partial charge on any atom is -0.490 e. The Kier molecular flexibility index (Phi) is 16.3. The molecule has 0 aliphatic heterocycles. The van der Waals surface area contributed by atoms with Crippen LogP contribution in [-0.2, 0) is 4.79 Å². The van der Waals surface area contributed by atoms with Gasteiger partial charge < -0.3 is 9.47 Å². The average molecular weight is 619 g/mol. The van der Waals surface area contributed by atoms with E-state index in [0.717, 1.165) is 42.6 Å². The number of carbonyl (C=O) groups is 1. The van der Waals surface area contributed by atoms with E-state index in [2.05, 4.69) is 23.8 Å². The van der Waals surface area contributed by atoms with Gasteiger partial charge in [-0.05, 0) is 87.0 Å². The average Bonchev–Trinajstić information content (AvgIpc) is 3.08. The molecule has 4 rings (SSSR count). The van der Waals surface area contributed by atoms with Crippen LogP contribution in [0.25, 0.3) is 11.4 Å². The van der Waals surface area contributed by atoms with Gasteiger partial charge in [-0.15, -0.1) is 0 Å². The lowest BCUT2D eigenvalue weighted by atomic mass is 9.68. The van der Waals surface area contributed by atoms with Crippen molar-refractivity contribution >= 4 is 5.97 Å². The van der Waals surface area contributed by atoms with Gasteiger partial charge in [-0.1, -0.05) is 110 Å². The van der Waals surface area contributed by atoms with E-state index in [1.165, 1.54) is 122 Å². The van der Waals surface area contributed by atoms with E-state index in [1.807, 2.05) is 24.3 Å². The number of esters is 1. The van der Waals surface area contributed by atoms with Crippen molar-refractivity contribution in [3.05, 3.63) is 36.7 Å². The van der Waals surface area contributed by atoms with Crippen LogP contribution in [0.1, 0.15) is 155 Å². The predicted molar refractivity (Wildman–Crippen MR) is 185 cm³/mol. The van der Waals surface area contributed by atoms with Gasteiger partial charge in [-0.3, -0.25) is 4.79 Å². The normalized spacial score (nSPS) is 21.8. The van der Waals surface area contributed by atoms with E-state index in [-0.39, 0.29) is 11.9 Å². The number of hydrogen-bond donors (Lipinski definition) is 0. The highest BCUT2D eigenvalue weighted by Crippen LogP contribution is 2.42. The second-order valence-electron chi connectivity index (χ2n) is 14.1. The summed E-state index contributed by atoms with van der Waals surface area (Å²) in [6, 6.07) is 7.56. The Hall–Kier alpha value is -2.43. The van der Waals surface area contributed by atoms with Gasteiger partial charge in [0.05, 0.1) is 24.9 Å². The number of aromatic nitrogens is 2. The maximum absolute atomic E-state index is 13.0. The van der Waals surface area contributed by atoms with E-state index < -0.39 is 0 Å². The third-order valence-electron chi connectivity index (χ3n) is 10.6. The van der Waals surface area contributed by atoms with Crippen LogP contribution in [0, 0.1) is 23.7 Å². The van der Waals surface area contributed by atoms with Crippen LogP contribution in [0.3, 0.4) is 0 Å². The van der Waals surface area contributed by atoms with Gasteiger partial charge in [0.1, 0.15) is 5.75 Å². The molecule has 1 heterocycles. The molecule has 1 aromatic carbocycles. The summed E-state index contributed by atoms with van der Waals surface area (Å²) in [5, 5.41) is 0. The molecule has 2 aliphatic carbocycles. The van der Waals surface area contributed by atoms with E-state index >= 15 is 0 Å². The summed E-state index contributed by atoms with van der Waals surface area (Å²) in [5.74, 6) is 4.56. The fourth-order valence-corrected chi connectivity index (χ4v) is 7.65. The van der Waals surface area contributed by atoms with Crippen molar-refractivity contribution in [2.45, 2.75) is 155 Å². The molecule has 2 aliphatic rings. The molecule has 0 bridgehead atoms. The molecule has 0 unspecified atom stereocenters. The number of unbranched alkanes of at least 4 members (excludes halogenated alkanes) is 11. The molecule has 5 heteroatoms. The highest BCUT2D eigenvalue weighted by atomic mass is 16.5. The summed E-state index contributed by atoms with van der Waals surface area (Å²) in [7, 11) is 0. The van der Waals surface area contributed by atoms with Crippen LogP contribution in [0.2, 0.25) is 0 Å². The lowest BCUT2D eigenvalue weighted by molar-refractivity contribution is -0.140. The smallest absolute Gasteiger partial charge is 0.314 e. The molecule has 2 aromatic rings. The summed E-state index contributed by atoms with van der Waals surface area (Å²) in [6.45, 7) is 5.22. The number of carbonyl (C=O) groups excluding carboxylic acids is 1. The van der Waals surface area contributed by atoms with Gasteiger partial charge in [0.15, 0.2) is 11.6 Å². The SMILES string of the molecule is CCCCCCCCCCC1CCC(C2CCC(C(=O)Oc3ccc(-c4ncc(OCCCCCCC)cn4)cc3)CC2)CC1. The second kappa shape index (κ2) is 20.6. The van der Waals surface area contributed by atoms with Crippen molar-refractivity contribution in [1.29, 1.82) is 0 Å². The zero-order valence-corrected chi connectivity index (χ0v) is 28.7. The predicted octanol–water partition coefficient (Wildman–Crippen LogP) is 11.5. The largest absolute Gasteiger partial charge is 0.490 e. The number of benzene rings is 1. The Labute approximate surface area is 274 Å². The third kappa shape index (κ3) is 12.7. The molecule has 0 atom stereocenters. The van der Waals surface area contributed by atoms with Gasteiger partial charge in [0.2, 0.25) is 0 Å². The van der Waals surface area contributed by atoms with E-state index in [4.69, 9.17) is 9.47 Å². The summed E-state index contributed by atoms with van der Waals surface area (Å²) < 4.78 is 11.6. The van der Waals surface area contributed by atoms with Crippen LogP contribution < -0.4 is 9.47 Å². The van der Waals surface area contributed by atoms with Gasteiger partial charge in [0, 0.05) is 5.56 Å². The lowest BCUT2D eigenvalue weighted by Crippen LogP contribution is -2.30. The molecular formula is C40H62N2O3. The van der Waals surface area contributed by atoms with Crippen LogP contribution in [0.5, 0.6) is 11.5 Å². The number of hydrogen-bond acceptors (Lipinski definition) is 5. The van der Waals surface area contributed by atoms with Gasteiger partial charge in [-0.2, -0.15) is 0 Å². The molecule has 0 saturated heterocycles.